The molecule has 3 heteroatoms. The van der Waals surface area contributed by atoms with Gasteiger partial charge in [-0.15, -0.1) is 6.58 Å². The van der Waals surface area contributed by atoms with Crippen LogP contribution in [0.25, 0.3) is 0 Å². The number of aliphatic hydroxyl groups is 1. The summed E-state index contributed by atoms with van der Waals surface area (Å²) in [6, 6.07) is 0. The third kappa shape index (κ3) is 2.88. The number of aliphatic carboxylic acids is 1. The van der Waals surface area contributed by atoms with Gasteiger partial charge in [0.25, 0.3) is 0 Å². The Bertz CT molecular complexity index is 545. The fourth-order valence-corrected chi connectivity index (χ4v) is 4.99. The van der Waals surface area contributed by atoms with Crippen molar-refractivity contribution < 1.29 is 15.0 Å². The average molecular weight is 320 g/mol. The highest BCUT2D eigenvalue weighted by molar-refractivity contribution is 5.88. The van der Waals surface area contributed by atoms with Crippen LogP contribution in [0, 0.1) is 22.7 Å². The SMILES string of the molecule is C=CC(C)(O)CCC1(C)C(C)CCC2(C)C(C)=C(C(=O)O)CC21. The Kier molecular flexibility index (Phi) is 4.58. The lowest BCUT2D eigenvalue weighted by Gasteiger charge is -2.54. The van der Waals surface area contributed by atoms with Gasteiger partial charge in [0.1, 0.15) is 0 Å². The maximum Gasteiger partial charge on any atom is 0.331 e. The monoisotopic (exact) mass is 320 g/mol. The molecule has 0 heterocycles. The molecule has 23 heavy (non-hydrogen) atoms. The zero-order valence-corrected chi connectivity index (χ0v) is 15.3. The Morgan fingerprint density at radius 2 is 2.09 bits per heavy atom. The molecule has 0 aromatic heterocycles. The molecule has 0 spiro atoms. The first-order valence-electron chi connectivity index (χ1n) is 8.77. The molecular weight excluding hydrogens is 288 g/mol. The first-order valence-corrected chi connectivity index (χ1v) is 8.77. The van der Waals surface area contributed by atoms with E-state index in [1.165, 1.54) is 0 Å². The summed E-state index contributed by atoms with van der Waals surface area (Å²) < 4.78 is 0. The van der Waals surface area contributed by atoms with Crippen LogP contribution in [-0.4, -0.2) is 21.8 Å². The van der Waals surface area contributed by atoms with Crippen molar-refractivity contribution in [1.82, 2.24) is 0 Å². The molecule has 1 saturated carbocycles. The lowest BCUT2D eigenvalue weighted by atomic mass is 9.50. The molecule has 2 aliphatic rings. The molecule has 3 nitrogen and oxygen atoms in total. The fourth-order valence-electron chi connectivity index (χ4n) is 4.99. The van der Waals surface area contributed by atoms with Gasteiger partial charge in [0.2, 0.25) is 0 Å². The standard InChI is InChI=1S/C20H32O3/c1-7-18(4,23)10-11-19(5)13(2)8-9-20(6)14(3)15(17(21)22)12-16(19)20/h7,13,16,23H,1,8-12H2,2-6H3,(H,21,22). The fraction of sp³-hybridized carbons (Fsp3) is 0.750. The molecule has 2 aliphatic carbocycles. The third-order valence-electron chi connectivity index (χ3n) is 7.37. The van der Waals surface area contributed by atoms with Gasteiger partial charge in [-0.3, -0.25) is 0 Å². The second-order valence-corrected chi connectivity index (χ2v) is 8.59. The Balaban J connectivity index is 2.34. The van der Waals surface area contributed by atoms with E-state index in [1.807, 2.05) is 6.92 Å². The van der Waals surface area contributed by atoms with Gasteiger partial charge in [0.05, 0.1) is 5.60 Å². The summed E-state index contributed by atoms with van der Waals surface area (Å²) in [7, 11) is 0. The van der Waals surface area contributed by atoms with Crippen molar-refractivity contribution in [1.29, 1.82) is 0 Å². The molecule has 0 bridgehead atoms. The number of allylic oxidation sites excluding steroid dienone is 1. The van der Waals surface area contributed by atoms with Gasteiger partial charge in [-0.25, -0.2) is 4.79 Å². The van der Waals surface area contributed by atoms with E-state index in [2.05, 4.69) is 27.4 Å². The molecule has 0 radical (unpaired) electrons. The second-order valence-electron chi connectivity index (χ2n) is 8.59. The normalized spacial score (nSPS) is 39.7. The van der Waals surface area contributed by atoms with E-state index >= 15 is 0 Å². The van der Waals surface area contributed by atoms with E-state index in [4.69, 9.17) is 0 Å². The molecule has 0 aromatic rings. The minimum atomic E-state index is -0.854. The van der Waals surface area contributed by atoms with Crippen molar-refractivity contribution in [3.63, 3.8) is 0 Å². The lowest BCUT2D eigenvalue weighted by molar-refractivity contribution is -0.133. The summed E-state index contributed by atoms with van der Waals surface area (Å²) in [5, 5.41) is 19.9. The highest BCUT2D eigenvalue weighted by Gasteiger charge is 2.56. The second kappa shape index (κ2) is 5.77. The van der Waals surface area contributed by atoms with Gasteiger partial charge in [0, 0.05) is 5.57 Å². The molecule has 2 rings (SSSR count). The van der Waals surface area contributed by atoms with Gasteiger partial charge in [-0.05, 0) is 68.6 Å². The van der Waals surface area contributed by atoms with Gasteiger partial charge < -0.3 is 10.2 Å². The number of hydrogen-bond donors (Lipinski definition) is 2. The van der Waals surface area contributed by atoms with Crippen LogP contribution in [-0.2, 0) is 4.79 Å². The number of carboxylic acid groups (broad SMARTS) is 1. The molecule has 5 atom stereocenters. The van der Waals surface area contributed by atoms with Crippen LogP contribution in [0.2, 0.25) is 0 Å². The summed E-state index contributed by atoms with van der Waals surface area (Å²) in [4.78, 5) is 11.6. The highest BCUT2D eigenvalue weighted by Crippen LogP contribution is 2.64. The summed E-state index contributed by atoms with van der Waals surface area (Å²) in [5.41, 5.74) is 0.859. The molecular formula is C20H32O3. The number of carboxylic acids is 1. The summed E-state index contributed by atoms with van der Waals surface area (Å²) in [6.07, 6.45) is 6.02. The minimum absolute atomic E-state index is 0.0188. The Morgan fingerprint density at radius 3 is 2.61 bits per heavy atom. The molecule has 130 valence electrons. The van der Waals surface area contributed by atoms with Gasteiger partial charge in [0.15, 0.2) is 0 Å². The molecule has 0 saturated heterocycles. The van der Waals surface area contributed by atoms with Gasteiger partial charge in [-0.1, -0.05) is 32.4 Å². The predicted octanol–water partition coefficient (Wildman–Crippen LogP) is 4.57. The van der Waals surface area contributed by atoms with E-state index < -0.39 is 11.6 Å². The van der Waals surface area contributed by atoms with Crippen LogP contribution in [0.4, 0.5) is 0 Å². The number of carbonyl (C=O) groups is 1. The molecule has 2 N–H and O–H groups in total. The molecule has 1 fully saturated rings. The zero-order chi connectivity index (χ0) is 17.6. The van der Waals surface area contributed by atoms with E-state index in [9.17, 15) is 15.0 Å². The van der Waals surface area contributed by atoms with Gasteiger partial charge in [-0.2, -0.15) is 0 Å². The molecule has 5 unspecified atom stereocenters. The van der Waals surface area contributed by atoms with Crippen molar-refractivity contribution in [3.05, 3.63) is 23.8 Å². The summed E-state index contributed by atoms with van der Waals surface area (Å²) in [5.74, 6) is 0.110. The van der Waals surface area contributed by atoms with Crippen LogP contribution >= 0.6 is 0 Å². The Labute approximate surface area is 140 Å². The first-order chi connectivity index (χ1) is 10.5. The number of rotatable bonds is 5. The summed E-state index contributed by atoms with van der Waals surface area (Å²) in [6.45, 7) is 14.4. The number of hydrogen-bond acceptors (Lipinski definition) is 2. The third-order valence-corrected chi connectivity index (χ3v) is 7.37. The van der Waals surface area contributed by atoms with E-state index in [0.29, 0.717) is 30.3 Å². The largest absolute Gasteiger partial charge is 0.478 e. The lowest BCUT2D eigenvalue weighted by Crippen LogP contribution is -2.47. The van der Waals surface area contributed by atoms with Gasteiger partial charge >= 0.3 is 5.97 Å². The van der Waals surface area contributed by atoms with Crippen molar-refractivity contribution >= 4 is 5.97 Å². The molecule has 0 amide bonds. The van der Waals surface area contributed by atoms with Crippen molar-refractivity contribution in [2.24, 2.45) is 22.7 Å². The van der Waals surface area contributed by atoms with Crippen LogP contribution < -0.4 is 0 Å². The maximum absolute atomic E-state index is 11.6. The topological polar surface area (TPSA) is 57.5 Å². The van der Waals surface area contributed by atoms with Crippen LogP contribution in [0.15, 0.2) is 23.8 Å². The Hall–Kier alpha value is -1.09. The average Bonchev–Trinajstić information content (AvgIpc) is 2.76. The molecule has 0 aliphatic heterocycles. The molecule has 0 aromatic carbocycles. The van der Waals surface area contributed by atoms with Crippen molar-refractivity contribution in [2.45, 2.75) is 72.3 Å². The van der Waals surface area contributed by atoms with Crippen LogP contribution in [0.1, 0.15) is 66.7 Å². The van der Waals surface area contributed by atoms with Crippen molar-refractivity contribution in [3.8, 4) is 0 Å². The maximum atomic E-state index is 11.6. The smallest absolute Gasteiger partial charge is 0.331 e. The van der Waals surface area contributed by atoms with Crippen LogP contribution in [0.5, 0.6) is 0 Å². The predicted molar refractivity (Wildman–Crippen MR) is 93.1 cm³/mol. The number of fused-ring (bicyclic) bond motifs is 1. The van der Waals surface area contributed by atoms with E-state index in [0.717, 1.165) is 24.8 Å². The highest BCUT2D eigenvalue weighted by atomic mass is 16.4. The van der Waals surface area contributed by atoms with Crippen LogP contribution in [0.3, 0.4) is 0 Å². The zero-order valence-electron chi connectivity index (χ0n) is 15.3. The van der Waals surface area contributed by atoms with Crippen molar-refractivity contribution in [2.75, 3.05) is 0 Å². The van der Waals surface area contributed by atoms with E-state index in [-0.39, 0.29) is 10.8 Å². The minimum Gasteiger partial charge on any atom is -0.478 e. The summed E-state index contributed by atoms with van der Waals surface area (Å²) >= 11 is 0. The quantitative estimate of drug-likeness (QED) is 0.730. The van der Waals surface area contributed by atoms with E-state index in [1.54, 1.807) is 13.0 Å². The first kappa shape index (κ1) is 18.3. The Morgan fingerprint density at radius 1 is 1.48 bits per heavy atom.